The van der Waals surface area contributed by atoms with Crippen LogP contribution in [0, 0.1) is 0 Å². The molecule has 0 radical (unpaired) electrons. The molecule has 4 nitrogen and oxygen atoms in total. The van der Waals surface area contributed by atoms with Gasteiger partial charge in [-0.05, 0) is 6.08 Å². The summed E-state index contributed by atoms with van der Waals surface area (Å²) in [6.45, 7) is 4.17. The zero-order valence-corrected chi connectivity index (χ0v) is 7.71. The minimum absolute atomic E-state index is 0.0984. The average molecular weight is 180 g/mol. The van der Waals surface area contributed by atoms with Gasteiger partial charge in [-0.3, -0.25) is 0 Å². The van der Waals surface area contributed by atoms with E-state index in [2.05, 4.69) is 17.6 Å². The summed E-state index contributed by atoms with van der Waals surface area (Å²) < 4.78 is 0. The van der Waals surface area contributed by atoms with Gasteiger partial charge in [0, 0.05) is 12.6 Å². The van der Waals surface area contributed by atoms with Crippen molar-refractivity contribution in [2.45, 2.75) is 0 Å². The summed E-state index contributed by atoms with van der Waals surface area (Å²) in [5.74, 6) is 0. The van der Waals surface area contributed by atoms with Crippen LogP contribution in [0.25, 0.3) is 0 Å². The third-order valence-corrected chi connectivity index (χ3v) is 1.87. The molecule has 0 aliphatic carbocycles. The van der Waals surface area contributed by atoms with Crippen LogP contribution in [0.15, 0.2) is 36.2 Å². The van der Waals surface area contributed by atoms with Crippen LogP contribution in [-0.4, -0.2) is 24.5 Å². The maximum absolute atomic E-state index is 11.2. The third-order valence-electron chi connectivity index (χ3n) is 1.87. The Labute approximate surface area is 77.4 Å². The van der Waals surface area contributed by atoms with Crippen molar-refractivity contribution in [1.82, 2.24) is 10.2 Å². The Kier molecular flexibility index (Phi) is 2.87. The van der Waals surface area contributed by atoms with Crippen molar-refractivity contribution in [2.24, 2.45) is 0 Å². The summed E-state index contributed by atoms with van der Waals surface area (Å²) in [5, 5.41) is 2.74. The molecule has 70 valence electrons. The maximum Gasteiger partial charge on any atom is 0.321 e. The Morgan fingerprint density at radius 1 is 1.69 bits per heavy atom. The Hall–Kier alpha value is -1.55. The number of nitrogens with one attached hydrogen (secondary N) is 1. The Morgan fingerprint density at radius 3 is 2.92 bits per heavy atom. The second kappa shape index (κ2) is 3.91. The van der Waals surface area contributed by atoms with E-state index in [1.54, 1.807) is 30.3 Å². The van der Waals surface area contributed by atoms with Gasteiger partial charge >= 0.3 is 6.03 Å². The predicted octanol–water partition coefficient (Wildman–Crippen LogP) is -0.163. The van der Waals surface area contributed by atoms with Crippen LogP contribution in [0.2, 0.25) is 0 Å². The highest BCUT2D eigenvalue weighted by Gasteiger charge is 2.21. The van der Waals surface area contributed by atoms with Crippen molar-refractivity contribution in [3.63, 3.8) is 0 Å². The summed E-state index contributed by atoms with van der Waals surface area (Å²) in [7, 11) is 1.74. The van der Waals surface area contributed by atoms with Gasteiger partial charge in [0.05, 0.1) is 18.4 Å². The van der Waals surface area contributed by atoms with Gasteiger partial charge in [-0.2, -0.15) is 0 Å². The number of carbonyl (C=O) groups excluding carboxylic acids is 1. The summed E-state index contributed by atoms with van der Waals surface area (Å²) in [5.41, 5.74) is 5.47. The fourth-order valence-corrected chi connectivity index (χ4v) is 1.14. The summed E-state index contributed by atoms with van der Waals surface area (Å²) >= 11 is 0. The highest BCUT2D eigenvalue weighted by molar-refractivity contribution is 5.79. The first kappa shape index (κ1) is 9.54. The Morgan fingerprint density at radius 2 is 2.38 bits per heavy atom. The van der Waals surface area contributed by atoms with Crippen molar-refractivity contribution in [3.8, 4) is 0 Å². The second-order valence-electron chi connectivity index (χ2n) is 2.83. The molecule has 1 rings (SSSR count). The SMILES string of the molecule is C=CC=C1NC(=O)N(C)CC1=C[NH3+]. The van der Waals surface area contributed by atoms with Gasteiger partial charge in [0.1, 0.15) is 0 Å². The standard InChI is InChI=1S/C9H13N3O/c1-3-4-8-7(5-10)6-12(2)9(13)11-8/h3-5H,1,6,10H2,2H3,(H,11,13)/p+1. The van der Waals surface area contributed by atoms with Gasteiger partial charge in [-0.25, -0.2) is 4.79 Å². The average Bonchev–Trinajstić information content (AvgIpc) is 2.11. The number of allylic oxidation sites excluding steroid dienone is 2. The van der Waals surface area contributed by atoms with Crippen LogP contribution in [0.1, 0.15) is 0 Å². The van der Waals surface area contributed by atoms with Crippen LogP contribution in [0.3, 0.4) is 0 Å². The smallest absolute Gasteiger partial charge is 0.321 e. The molecule has 4 N–H and O–H groups in total. The first-order valence-electron chi connectivity index (χ1n) is 4.02. The van der Waals surface area contributed by atoms with Crippen molar-refractivity contribution in [1.29, 1.82) is 0 Å². The second-order valence-corrected chi connectivity index (χ2v) is 2.83. The van der Waals surface area contributed by atoms with E-state index in [0.717, 1.165) is 11.3 Å². The number of hydrogen-bond donors (Lipinski definition) is 2. The number of urea groups is 1. The molecule has 0 aromatic rings. The first-order valence-corrected chi connectivity index (χ1v) is 4.02. The van der Waals surface area contributed by atoms with Crippen LogP contribution in [0.5, 0.6) is 0 Å². The molecule has 0 bridgehead atoms. The van der Waals surface area contributed by atoms with E-state index in [9.17, 15) is 4.79 Å². The predicted molar refractivity (Wildman–Crippen MR) is 50.4 cm³/mol. The highest BCUT2D eigenvalue weighted by Crippen LogP contribution is 2.12. The van der Waals surface area contributed by atoms with E-state index in [-0.39, 0.29) is 6.03 Å². The minimum atomic E-state index is -0.0984. The summed E-state index contributed by atoms with van der Waals surface area (Å²) in [6.07, 6.45) is 5.15. The van der Waals surface area contributed by atoms with Gasteiger partial charge in [0.15, 0.2) is 0 Å². The van der Waals surface area contributed by atoms with E-state index in [4.69, 9.17) is 0 Å². The molecule has 0 aromatic heterocycles. The van der Waals surface area contributed by atoms with Gasteiger partial charge in [-0.1, -0.05) is 12.7 Å². The van der Waals surface area contributed by atoms with Crippen LogP contribution in [-0.2, 0) is 0 Å². The van der Waals surface area contributed by atoms with Crippen molar-refractivity contribution in [3.05, 3.63) is 36.2 Å². The van der Waals surface area contributed by atoms with Gasteiger partial charge in [0.25, 0.3) is 0 Å². The normalized spacial score (nSPS) is 23.5. The molecule has 1 heterocycles. The molecular weight excluding hydrogens is 166 g/mol. The maximum atomic E-state index is 11.2. The molecule has 0 aromatic carbocycles. The summed E-state index contributed by atoms with van der Waals surface area (Å²) in [4.78, 5) is 12.8. The molecule has 1 fully saturated rings. The molecule has 2 amide bonds. The lowest BCUT2D eigenvalue weighted by Crippen LogP contribution is -2.48. The first-order chi connectivity index (χ1) is 6.19. The number of amides is 2. The molecule has 0 atom stereocenters. The molecule has 0 spiro atoms. The lowest BCUT2D eigenvalue weighted by molar-refractivity contribution is -0.276. The van der Waals surface area contributed by atoms with Gasteiger partial charge in [-0.15, -0.1) is 0 Å². The molecular formula is C9H14N3O+. The number of carbonyl (C=O) groups is 1. The molecule has 0 unspecified atom stereocenters. The van der Waals surface area contributed by atoms with E-state index < -0.39 is 0 Å². The number of likely N-dealkylation sites (N-methyl/N-ethyl adjacent to an activating group) is 1. The fraction of sp³-hybridized carbons (Fsp3) is 0.222. The fourth-order valence-electron chi connectivity index (χ4n) is 1.14. The van der Waals surface area contributed by atoms with E-state index in [1.807, 2.05) is 0 Å². The van der Waals surface area contributed by atoms with E-state index in [1.165, 1.54) is 0 Å². The topological polar surface area (TPSA) is 60.0 Å². The van der Waals surface area contributed by atoms with Crippen molar-refractivity contribution in [2.75, 3.05) is 13.6 Å². The summed E-state index contributed by atoms with van der Waals surface area (Å²) in [6, 6.07) is -0.0984. The molecule has 1 aliphatic heterocycles. The molecule has 13 heavy (non-hydrogen) atoms. The van der Waals surface area contributed by atoms with Crippen LogP contribution in [0.4, 0.5) is 4.79 Å². The third kappa shape index (κ3) is 1.97. The zero-order valence-electron chi connectivity index (χ0n) is 7.71. The molecule has 4 heteroatoms. The number of nitrogens with zero attached hydrogens (tertiary/aromatic N) is 1. The lowest BCUT2D eigenvalue weighted by Gasteiger charge is -2.26. The number of quaternary nitrogens is 1. The van der Waals surface area contributed by atoms with Gasteiger partial charge < -0.3 is 16.0 Å². The Bertz CT molecular complexity index is 291. The largest absolute Gasteiger partial charge is 0.331 e. The van der Waals surface area contributed by atoms with Gasteiger partial charge in [0.2, 0.25) is 0 Å². The molecule has 0 saturated carbocycles. The van der Waals surface area contributed by atoms with E-state index in [0.29, 0.717) is 6.54 Å². The molecule has 1 aliphatic rings. The van der Waals surface area contributed by atoms with Crippen LogP contribution >= 0.6 is 0 Å². The number of hydrogen-bond acceptors (Lipinski definition) is 1. The quantitative estimate of drug-likeness (QED) is 0.578. The van der Waals surface area contributed by atoms with E-state index >= 15 is 0 Å². The Balaban J connectivity index is 2.91. The highest BCUT2D eigenvalue weighted by atomic mass is 16.2. The number of rotatable bonds is 1. The van der Waals surface area contributed by atoms with Crippen LogP contribution < -0.4 is 11.1 Å². The monoisotopic (exact) mass is 180 g/mol. The molecule has 1 saturated heterocycles. The van der Waals surface area contributed by atoms with Crippen molar-refractivity contribution >= 4 is 6.03 Å². The lowest BCUT2D eigenvalue weighted by atomic mass is 10.1. The van der Waals surface area contributed by atoms with Crippen molar-refractivity contribution < 1.29 is 10.5 Å². The minimum Gasteiger partial charge on any atom is -0.331 e. The zero-order chi connectivity index (χ0) is 9.84.